The number of rotatable bonds is 4. The first kappa shape index (κ1) is 14.4. The van der Waals surface area contributed by atoms with Gasteiger partial charge in [0.05, 0.1) is 4.92 Å². The molecule has 0 unspecified atom stereocenters. The standard InChI is InChI=1S/C13H10Cl2N2O3/c14-9-4-10(15)6-11(5-9)20-7-8-1-2-13(17(18)19)12(16)3-8/h1-6H,7,16H2. The molecular formula is C13H10Cl2N2O3. The van der Waals surface area contributed by atoms with Crippen molar-refractivity contribution >= 4 is 34.6 Å². The zero-order valence-corrected chi connectivity index (χ0v) is 11.7. The molecule has 2 rings (SSSR count). The zero-order valence-electron chi connectivity index (χ0n) is 10.2. The minimum atomic E-state index is -0.531. The molecule has 0 bridgehead atoms. The van der Waals surface area contributed by atoms with E-state index in [1.165, 1.54) is 12.1 Å². The van der Waals surface area contributed by atoms with Crippen LogP contribution in [-0.2, 0) is 6.61 Å². The van der Waals surface area contributed by atoms with Gasteiger partial charge in [-0.1, -0.05) is 23.2 Å². The third-order valence-electron chi connectivity index (χ3n) is 2.53. The molecule has 0 aliphatic carbocycles. The van der Waals surface area contributed by atoms with Crippen LogP contribution in [0.1, 0.15) is 5.56 Å². The van der Waals surface area contributed by atoms with Gasteiger partial charge in [0.15, 0.2) is 0 Å². The smallest absolute Gasteiger partial charge is 0.292 e. The van der Waals surface area contributed by atoms with Crippen LogP contribution in [0.5, 0.6) is 5.75 Å². The Morgan fingerprint density at radius 2 is 1.80 bits per heavy atom. The summed E-state index contributed by atoms with van der Waals surface area (Å²) >= 11 is 11.7. The van der Waals surface area contributed by atoms with Gasteiger partial charge in [0.25, 0.3) is 5.69 Å². The molecule has 0 aliphatic heterocycles. The van der Waals surface area contributed by atoms with E-state index in [0.29, 0.717) is 21.4 Å². The third-order valence-corrected chi connectivity index (χ3v) is 2.97. The number of halogens is 2. The van der Waals surface area contributed by atoms with E-state index in [4.69, 9.17) is 33.7 Å². The highest BCUT2D eigenvalue weighted by Crippen LogP contribution is 2.26. The molecule has 0 saturated carbocycles. The summed E-state index contributed by atoms with van der Waals surface area (Å²) in [6, 6.07) is 9.29. The summed E-state index contributed by atoms with van der Waals surface area (Å²) in [4.78, 5) is 10.1. The lowest BCUT2D eigenvalue weighted by atomic mass is 10.2. The Morgan fingerprint density at radius 1 is 1.15 bits per heavy atom. The fraction of sp³-hybridized carbons (Fsp3) is 0.0769. The zero-order chi connectivity index (χ0) is 14.7. The van der Waals surface area contributed by atoms with Crippen LogP contribution >= 0.6 is 23.2 Å². The summed E-state index contributed by atoms with van der Waals surface area (Å²) in [5.74, 6) is 0.513. The SMILES string of the molecule is Nc1cc(COc2cc(Cl)cc(Cl)c2)ccc1[N+](=O)[O-]. The number of nitrogens with zero attached hydrogens (tertiary/aromatic N) is 1. The third kappa shape index (κ3) is 3.53. The molecule has 0 aromatic heterocycles. The molecule has 0 saturated heterocycles. The number of hydrogen-bond donors (Lipinski definition) is 1. The molecule has 0 atom stereocenters. The first-order valence-corrected chi connectivity index (χ1v) is 6.33. The second-order valence-electron chi connectivity index (χ2n) is 4.04. The van der Waals surface area contributed by atoms with E-state index in [9.17, 15) is 10.1 Å². The number of ether oxygens (including phenoxy) is 1. The maximum Gasteiger partial charge on any atom is 0.292 e. The number of nitro groups is 1. The molecule has 0 fully saturated rings. The molecule has 20 heavy (non-hydrogen) atoms. The fourth-order valence-electron chi connectivity index (χ4n) is 1.64. The molecule has 104 valence electrons. The minimum Gasteiger partial charge on any atom is -0.489 e. The lowest BCUT2D eigenvalue weighted by molar-refractivity contribution is -0.383. The highest BCUT2D eigenvalue weighted by Gasteiger charge is 2.11. The second-order valence-corrected chi connectivity index (χ2v) is 4.92. The molecular weight excluding hydrogens is 303 g/mol. The predicted molar refractivity (Wildman–Crippen MR) is 78.3 cm³/mol. The van der Waals surface area contributed by atoms with Gasteiger partial charge in [-0.05, 0) is 35.9 Å². The van der Waals surface area contributed by atoms with Crippen LogP contribution in [0.25, 0.3) is 0 Å². The fourth-order valence-corrected chi connectivity index (χ4v) is 2.14. The van der Waals surface area contributed by atoms with E-state index in [2.05, 4.69) is 0 Å². The quantitative estimate of drug-likeness (QED) is 0.524. The molecule has 2 aromatic rings. The van der Waals surface area contributed by atoms with Gasteiger partial charge >= 0.3 is 0 Å². The summed E-state index contributed by atoms with van der Waals surface area (Å²) in [6.45, 7) is 0.207. The van der Waals surface area contributed by atoms with Crippen LogP contribution in [0.4, 0.5) is 11.4 Å². The molecule has 2 aromatic carbocycles. The van der Waals surface area contributed by atoms with Gasteiger partial charge in [0, 0.05) is 16.1 Å². The van der Waals surface area contributed by atoms with Crippen LogP contribution in [0.3, 0.4) is 0 Å². The Morgan fingerprint density at radius 3 is 2.35 bits per heavy atom. The number of nitrogens with two attached hydrogens (primary N) is 1. The number of anilines is 1. The van der Waals surface area contributed by atoms with Gasteiger partial charge in [-0.15, -0.1) is 0 Å². The molecule has 0 spiro atoms. The second kappa shape index (κ2) is 5.98. The van der Waals surface area contributed by atoms with Crippen LogP contribution in [-0.4, -0.2) is 4.92 Å². The Kier molecular flexibility index (Phi) is 4.32. The lowest BCUT2D eigenvalue weighted by Gasteiger charge is -2.08. The summed E-state index contributed by atoms with van der Waals surface area (Å²) in [5, 5.41) is 11.6. The first-order valence-electron chi connectivity index (χ1n) is 5.57. The van der Waals surface area contributed by atoms with Crippen LogP contribution < -0.4 is 10.5 Å². The Hall–Kier alpha value is -1.98. The maximum absolute atomic E-state index is 10.7. The van der Waals surface area contributed by atoms with Crippen molar-refractivity contribution < 1.29 is 9.66 Å². The highest BCUT2D eigenvalue weighted by atomic mass is 35.5. The number of nitro benzene ring substituents is 1. The van der Waals surface area contributed by atoms with Crippen molar-refractivity contribution in [1.29, 1.82) is 0 Å². The average molecular weight is 313 g/mol. The molecule has 7 heteroatoms. The van der Waals surface area contributed by atoms with E-state index in [1.807, 2.05) is 0 Å². The molecule has 0 heterocycles. The molecule has 0 aliphatic rings. The largest absolute Gasteiger partial charge is 0.489 e. The van der Waals surface area contributed by atoms with Crippen molar-refractivity contribution in [3.8, 4) is 5.75 Å². The average Bonchev–Trinajstić information content (AvgIpc) is 2.35. The normalized spacial score (nSPS) is 10.3. The number of hydrogen-bond acceptors (Lipinski definition) is 4. The van der Waals surface area contributed by atoms with Gasteiger partial charge in [0.1, 0.15) is 18.0 Å². The Balaban J connectivity index is 2.11. The summed E-state index contributed by atoms with van der Waals surface area (Å²) in [6.07, 6.45) is 0. The number of nitrogen functional groups attached to an aromatic ring is 1. The summed E-state index contributed by atoms with van der Waals surface area (Å²) < 4.78 is 5.51. The summed E-state index contributed by atoms with van der Waals surface area (Å²) in [5.41, 5.74) is 6.28. The first-order chi connectivity index (χ1) is 9.45. The predicted octanol–water partition coefficient (Wildman–Crippen LogP) is 4.06. The van der Waals surface area contributed by atoms with Crippen molar-refractivity contribution in [2.75, 3.05) is 5.73 Å². The van der Waals surface area contributed by atoms with Crippen molar-refractivity contribution in [1.82, 2.24) is 0 Å². The monoisotopic (exact) mass is 312 g/mol. The topological polar surface area (TPSA) is 78.4 Å². The van der Waals surface area contributed by atoms with Gasteiger partial charge in [-0.3, -0.25) is 10.1 Å². The van der Waals surface area contributed by atoms with Gasteiger partial charge in [-0.2, -0.15) is 0 Å². The summed E-state index contributed by atoms with van der Waals surface area (Å²) in [7, 11) is 0. The molecule has 0 radical (unpaired) electrons. The van der Waals surface area contributed by atoms with Gasteiger partial charge < -0.3 is 10.5 Å². The van der Waals surface area contributed by atoms with Crippen LogP contribution in [0.2, 0.25) is 10.0 Å². The Bertz CT molecular complexity index is 642. The molecule has 2 N–H and O–H groups in total. The van der Waals surface area contributed by atoms with Crippen molar-refractivity contribution in [3.05, 3.63) is 62.1 Å². The van der Waals surface area contributed by atoms with Crippen molar-refractivity contribution in [2.24, 2.45) is 0 Å². The van der Waals surface area contributed by atoms with E-state index >= 15 is 0 Å². The lowest BCUT2D eigenvalue weighted by Crippen LogP contribution is -2.00. The van der Waals surface area contributed by atoms with Gasteiger partial charge in [0.2, 0.25) is 0 Å². The van der Waals surface area contributed by atoms with Gasteiger partial charge in [-0.25, -0.2) is 0 Å². The van der Waals surface area contributed by atoms with Crippen LogP contribution in [0, 0.1) is 10.1 Å². The Labute approximate surface area is 125 Å². The van der Waals surface area contributed by atoms with Crippen molar-refractivity contribution in [3.63, 3.8) is 0 Å². The molecule has 0 amide bonds. The van der Waals surface area contributed by atoms with E-state index in [0.717, 1.165) is 0 Å². The van der Waals surface area contributed by atoms with E-state index in [1.54, 1.807) is 24.3 Å². The van der Waals surface area contributed by atoms with Crippen LogP contribution in [0.15, 0.2) is 36.4 Å². The van der Waals surface area contributed by atoms with Crippen molar-refractivity contribution in [2.45, 2.75) is 6.61 Å². The van der Waals surface area contributed by atoms with E-state index < -0.39 is 4.92 Å². The molecule has 5 nitrogen and oxygen atoms in total. The van der Waals surface area contributed by atoms with E-state index in [-0.39, 0.29) is 18.0 Å². The highest BCUT2D eigenvalue weighted by molar-refractivity contribution is 6.34. The number of benzene rings is 2. The maximum atomic E-state index is 10.7. The minimum absolute atomic E-state index is 0.0974.